The molecule has 104 valence electrons. The van der Waals surface area contributed by atoms with Crippen LogP contribution in [0, 0.1) is 12.8 Å². The number of hydrogen-bond acceptors (Lipinski definition) is 4. The predicted molar refractivity (Wildman–Crippen MR) is 73.8 cm³/mol. The third-order valence-electron chi connectivity index (χ3n) is 3.06. The van der Waals surface area contributed by atoms with Crippen molar-refractivity contribution in [1.29, 1.82) is 0 Å². The van der Waals surface area contributed by atoms with Gasteiger partial charge in [-0.25, -0.2) is 8.42 Å². The number of rotatable bonds is 5. The Morgan fingerprint density at radius 2 is 2.21 bits per heavy atom. The SMILES string of the molecule is Cc1ccc(C(N)=NO)cc1NS(=O)(=O)CC1CC1. The molecule has 1 saturated carbocycles. The zero-order valence-corrected chi connectivity index (χ0v) is 11.4. The van der Waals surface area contributed by atoms with E-state index in [9.17, 15) is 8.42 Å². The van der Waals surface area contributed by atoms with Crippen molar-refractivity contribution < 1.29 is 13.6 Å². The Balaban J connectivity index is 2.23. The summed E-state index contributed by atoms with van der Waals surface area (Å²) in [7, 11) is -3.34. The number of benzene rings is 1. The molecule has 1 fully saturated rings. The molecule has 1 aliphatic rings. The van der Waals surface area contributed by atoms with Gasteiger partial charge >= 0.3 is 0 Å². The summed E-state index contributed by atoms with van der Waals surface area (Å²) >= 11 is 0. The lowest BCUT2D eigenvalue weighted by molar-refractivity contribution is 0.318. The molecule has 0 aromatic heterocycles. The predicted octanol–water partition coefficient (Wildman–Crippen LogP) is 1.24. The highest BCUT2D eigenvalue weighted by atomic mass is 32.2. The number of anilines is 1. The lowest BCUT2D eigenvalue weighted by atomic mass is 10.1. The van der Waals surface area contributed by atoms with E-state index in [1.165, 1.54) is 0 Å². The fourth-order valence-corrected chi connectivity index (χ4v) is 3.35. The maximum atomic E-state index is 11.9. The van der Waals surface area contributed by atoms with Crippen LogP contribution in [-0.4, -0.2) is 25.2 Å². The van der Waals surface area contributed by atoms with Gasteiger partial charge in [0.15, 0.2) is 5.84 Å². The molecule has 0 unspecified atom stereocenters. The Kier molecular flexibility index (Phi) is 3.66. The Morgan fingerprint density at radius 1 is 1.53 bits per heavy atom. The van der Waals surface area contributed by atoms with Gasteiger partial charge < -0.3 is 10.9 Å². The number of amidine groups is 1. The molecular formula is C12H17N3O3S. The topological polar surface area (TPSA) is 105 Å². The number of hydrogen-bond donors (Lipinski definition) is 3. The smallest absolute Gasteiger partial charge is 0.233 e. The molecular weight excluding hydrogens is 266 g/mol. The van der Waals surface area contributed by atoms with Crippen LogP contribution in [0.25, 0.3) is 0 Å². The monoisotopic (exact) mass is 283 g/mol. The molecule has 0 aliphatic heterocycles. The number of sulfonamides is 1. The van der Waals surface area contributed by atoms with E-state index in [0.29, 0.717) is 11.3 Å². The van der Waals surface area contributed by atoms with Crippen molar-refractivity contribution in [3.05, 3.63) is 29.3 Å². The quantitative estimate of drug-likeness (QED) is 0.327. The molecule has 6 nitrogen and oxygen atoms in total. The molecule has 0 radical (unpaired) electrons. The average Bonchev–Trinajstić information content (AvgIpc) is 3.13. The standard InChI is InChI=1S/C12H17N3O3S/c1-8-2-5-10(12(13)14-16)6-11(8)15-19(17,18)7-9-3-4-9/h2,5-6,9,15-16H,3-4,7H2,1H3,(H2,13,14). The third kappa shape index (κ3) is 3.60. The molecule has 1 aromatic rings. The molecule has 0 spiro atoms. The van der Waals surface area contributed by atoms with E-state index < -0.39 is 10.0 Å². The van der Waals surface area contributed by atoms with Crippen LogP contribution in [0.15, 0.2) is 23.4 Å². The summed E-state index contributed by atoms with van der Waals surface area (Å²) in [5, 5.41) is 11.5. The third-order valence-corrected chi connectivity index (χ3v) is 4.50. The van der Waals surface area contributed by atoms with Crippen LogP contribution in [0.2, 0.25) is 0 Å². The summed E-state index contributed by atoms with van der Waals surface area (Å²) in [6, 6.07) is 4.96. The number of nitrogens with one attached hydrogen (secondary N) is 1. The van der Waals surface area contributed by atoms with Crippen LogP contribution in [0.5, 0.6) is 0 Å². The van der Waals surface area contributed by atoms with Crippen molar-refractivity contribution >= 4 is 21.5 Å². The minimum absolute atomic E-state index is 0.0531. The summed E-state index contributed by atoms with van der Waals surface area (Å²) in [6.07, 6.45) is 1.95. The van der Waals surface area contributed by atoms with Gasteiger partial charge in [-0.15, -0.1) is 0 Å². The fourth-order valence-electron chi connectivity index (χ4n) is 1.75. The second-order valence-electron chi connectivity index (χ2n) is 4.84. The number of aryl methyl sites for hydroxylation is 1. The molecule has 1 aromatic carbocycles. The first kappa shape index (κ1) is 13.7. The molecule has 0 heterocycles. The van der Waals surface area contributed by atoms with E-state index >= 15 is 0 Å². The van der Waals surface area contributed by atoms with Crippen LogP contribution in [0.4, 0.5) is 5.69 Å². The largest absolute Gasteiger partial charge is 0.409 e. The van der Waals surface area contributed by atoms with Gasteiger partial charge in [-0.3, -0.25) is 4.72 Å². The number of oxime groups is 1. The van der Waals surface area contributed by atoms with Crippen molar-refractivity contribution in [2.75, 3.05) is 10.5 Å². The van der Waals surface area contributed by atoms with E-state index in [1.54, 1.807) is 25.1 Å². The van der Waals surface area contributed by atoms with Gasteiger partial charge in [0.1, 0.15) is 0 Å². The summed E-state index contributed by atoms with van der Waals surface area (Å²) in [6.45, 7) is 1.80. The molecule has 19 heavy (non-hydrogen) atoms. The molecule has 0 atom stereocenters. The van der Waals surface area contributed by atoms with Crippen molar-refractivity contribution in [2.45, 2.75) is 19.8 Å². The fraction of sp³-hybridized carbons (Fsp3) is 0.417. The molecule has 0 saturated heterocycles. The van der Waals surface area contributed by atoms with Crippen LogP contribution in [-0.2, 0) is 10.0 Å². The molecule has 4 N–H and O–H groups in total. The van der Waals surface area contributed by atoms with Crippen LogP contribution >= 0.6 is 0 Å². The first-order chi connectivity index (χ1) is 8.91. The van der Waals surface area contributed by atoms with Gasteiger partial charge in [-0.2, -0.15) is 0 Å². The second kappa shape index (κ2) is 5.08. The van der Waals surface area contributed by atoms with Gasteiger partial charge in [-0.1, -0.05) is 17.3 Å². The first-order valence-electron chi connectivity index (χ1n) is 6.00. The van der Waals surface area contributed by atoms with Crippen LogP contribution in [0.1, 0.15) is 24.0 Å². The van der Waals surface area contributed by atoms with E-state index in [-0.39, 0.29) is 17.5 Å². The highest BCUT2D eigenvalue weighted by Crippen LogP contribution is 2.31. The van der Waals surface area contributed by atoms with Crippen LogP contribution < -0.4 is 10.5 Å². The maximum absolute atomic E-state index is 11.9. The Labute approximate surface area is 112 Å². The average molecular weight is 283 g/mol. The zero-order valence-electron chi connectivity index (χ0n) is 10.6. The minimum atomic E-state index is -3.34. The molecule has 1 aliphatic carbocycles. The minimum Gasteiger partial charge on any atom is -0.409 e. The maximum Gasteiger partial charge on any atom is 0.233 e. The summed E-state index contributed by atoms with van der Waals surface area (Å²) in [5.41, 5.74) is 7.21. The van der Waals surface area contributed by atoms with Crippen molar-refractivity contribution in [3.8, 4) is 0 Å². The van der Waals surface area contributed by atoms with Crippen molar-refractivity contribution in [3.63, 3.8) is 0 Å². The van der Waals surface area contributed by atoms with Crippen molar-refractivity contribution in [2.24, 2.45) is 16.8 Å². The zero-order chi connectivity index (χ0) is 14.0. The van der Waals surface area contributed by atoms with E-state index in [0.717, 1.165) is 18.4 Å². The Hall–Kier alpha value is -1.76. The summed E-state index contributed by atoms with van der Waals surface area (Å²) in [4.78, 5) is 0. The van der Waals surface area contributed by atoms with Crippen LogP contribution in [0.3, 0.4) is 0 Å². The molecule has 7 heteroatoms. The van der Waals surface area contributed by atoms with E-state index in [2.05, 4.69) is 9.88 Å². The first-order valence-corrected chi connectivity index (χ1v) is 7.65. The normalized spacial score (nSPS) is 16.4. The Morgan fingerprint density at radius 3 is 2.79 bits per heavy atom. The molecule has 0 bridgehead atoms. The number of nitrogens with two attached hydrogens (primary N) is 1. The van der Waals surface area contributed by atoms with Gasteiger partial charge in [0.2, 0.25) is 10.0 Å². The van der Waals surface area contributed by atoms with Gasteiger partial charge in [0.05, 0.1) is 11.4 Å². The van der Waals surface area contributed by atoms with Gasteiger partial charge in [0.25, 0.3) is 0 Å². The summed E-state index contributed by atoms with van der Waals surface area (Å²) in [5.74, 6) is 0.382. The lowest BCUT2D eigenvalue weighted by Crippen LogP contribution is -2.19. The van der Waals surface area contributed by atoms with Gasteiger partial charge in [0, 0.05) is 5.56 Å². The lowest BCUT2D eigenvalue weighted by Gasteiger charge is -2.11. The Bertz CT molecular complexity index is 607. The highest BCUT2D eigenvalue weighted by Gasteiger charge is 2.28. The number of nitrogens with zero attached hydrogens (tertiary/aromatic N) is 1. The second-order valence-corrected chi connectivity index (χ2v) is 6.61. The van der Waals surface area contributed by atoms with Gasteiger partial charge in [-0.05, 0) is 37.3 Å². The molecule has 2 rings (SSSR count). The summed E-state index contributed by atoms with van der Waals surface area (Å²) < 4.78 is 26.4. The van der Waals surface area contributed by atoms with Crippen molar-refractivity contribution in [1.82, 2.24) is 0 Å². The van der Waals surface area contributed by atoms with E-state index in [1.807, 2.05) is 0 Å². The van der Waals surface area contributed by atoms with E-state index in [4.69, 9.17) is 10.9 Å². The molecule has 0 amide bonds. The highest BCUT2D eigenvalue weighted by molar-refractivity contribution is 7.92.